The van der Waals surface area contributed by atoms with Crippen molar-refractivity contribution in [3.63, 3.8) is 0 Å². The van der Waals surface area contributed by atoms with E-state index in [1.54, 1.807) is 12.1 Å². The van der Waals surface area contributed by atoms with Crippen LogP contribution in [-0.4, -0.2) is 21.7 Å². The Morgan fingerprint density at radius 3 is 2.94 bits per heavy atom. The number of rotatable bonds is 4. The minimum Gasteiger partial charge on any atom is -0.330 e. The number of nitrogens with one attached hydrogen (secondary N) is 1. The largest absolute Gasteiger partial charge is 0.330 e. The van der Waals surface area contributed by atoms with Crippen molar-refractivity contribution in [3.8, 4) is 0 Å². The highest BCUT2D eigenvalue weighted by Crippen LogP contribution is 2.20. The van der Waals surface area contributed by atoms with Crippen LogP contribution in [0.2, 0.25) is 5.02 Å². The van der Waals surface area contributed by atoms with Gasteiger partial charge >= 0.3 is 0 Å². The topological polar surface area (TPSA) is 67.6 Å². The van der Waals surface area contributed by atoms with Crippen LogP contribution in [0.4, 0.5) is 4.39 Å². The maximum atomic E-state index is 13.5. The summed E-state index contributed by atoms with van der Waals surface area (Å²) in [6.07, 6.45) is 0.893. The third-order valence-corrected chi connectivity index (χ3v) is 2.71. The van der Waals surface area contributed by atoms with Gasteiger partial charge in [-0.2, -0.15) is 5.10 Å². The number of hydrogen-bond acceptors (Lipinski definition) is 3. The first-order chi connectivity index (χ1) is 8.20. The highest BCUT2D eigenvalue weighted by Gasteiger charge is 2.10. The molecular weight excluding hydrogens is 243 g/mol. The van der Waals surface area contributed by atoms with Gasteiger partial charge in [-0.25, -0.2) is 9.37 Å². The first kappa shape index (κ1) is 12.0. The summed E-state index contributed by atoms with van der Waals surface area (Å²) in [5, 5.41) is 7.12. The van der Waals surface area contributed by atoms with Gasteiger partial charge in [0.15, 0.2) is 5.82 Å². The second-order valence-electron chi connectivity index (χ2n) is 3.61. The summed E-state index contributed by atoms with van der Waals surface area (Å²) >= 11 is 5.93. The molecule has 0 atom stereocenters. The number of hydrogen-bond donors (Lipinski definition) is 2. The van der Waals surface area contributed by atoms with E-state index in [0.29, 0.717) is 41.6 Å². The van der Waals surface area contributed by atoms with Crippen molar-refractivity contribution in [2.24, 2.45) is 5.73 Å². The van der Waals surface area contributed by atoms with Crippen LogP contribution in [-0.2, 0) is 12.8 Å². The minimum absolute atomic E-state index is 0.295. The van der Waals surface area contributed by atoms with Crippen molar-refractivity contribution in [2.45, 2.75) is 12.8 Å². The first-order valence-electron chi connectivity index (χ1n) is 5.24. The first-order valence-corrected chi connectivity index (χ1v) is 5.61. The third-order valence-electron chi connectivity index (χ3n) is 2.35. The Hall–Kier alpha value is -1.46. The highest BCUT2D eigenvalue weighted by molar-refractivity contribution is 6.31. The van der Waals surface area contributed by atoms with Gasteiger partial charge in [-0.05, 0) is 18.7 Å². The normalized spacial score (nSPS) is 10.8. The molecule has 1 aromatic heterocycles. The summed E-state index contributed by atoms with van der Waals surface area (Å²) in [7, 11) is 0. The van der Waals surface area contributed by atoms with E-state index in [-0.39, 0.29) is 5.82 Å². The fourth-order valence-electron chi connectivity index (χ4n) is 1.52. The molecular formula is C11H12ClFN4. The summed E-state index contributed by atoms with van der Waals surface area (Å²) in [6, 6.07) is 4.59. The molecule has 0 radical (unpaired) electrons. The van der Waals surface area contributed by atoms with E-state index in [9.17, 15) is 4.39 Å². The highest BCUT2D eigenvalue weighted by atomic mass is 35.5. The fraction of sp³-hybridized carbons (Fsp3) is 0.273. The van der Waals surface area contributed by atoms with Crippen molar-refractivity contribution in [3.05, 3.63) is 46.3 Å². The molecule has 2 aromatic rings. The van der Waals surface area contributed by atoms with Crippen LogP contribution >= 0.6 is 11.6 Å². The molecule has 1 aromatic carbocycles. The van der Waals surface area contributed by atoms with Gasteiger partial charge in [0.2, 0.25) is 0 Å². The van der Waals surface area contributed by atoms with Crippen molar-refractivity contribution in [1.82, 2.24) is 15.2 Å². The van der Waals surface area contributed by atoms with Crippen LogP contribution in [0.25, 0.3) is 0 Å². The molecule has 1 heterocycles. The lowest BCUT2D eigenvalue weighted by atomic mass is 10.1. The predicted octanol–water partition coefficient (Wildman–Crippen LogP) is 1.69. The van der Waals surface area contributed by atoms with E-state index < -0.39 is 0 Å². The fourth-order valence-corrected chi connectivity index (χ4v) is 1.75. The molecule has 0 saturated heterocycles. The van der Waals surface area contributed by atoms with E-state index in [1.807, 2.05) is 0 Å². The summed E-state index contributed by atoms with van der Waals surface area (Å²) in [5.74, 6) is 0.879. The van der Waals surface area contributed by atoms with Crippen molar-refractivity contribution < 1.29 is 4.39 Å². The molecule has 17 heavy (non-hydrogen) atoms. The molecule has 6 heteroatoms. The average molecular weight is 255 g/mol. The molecule has 0 bridgehead atoms. The van der Waals surface area contributed by atoms with Gasteiger partial charge < -0.3 is 5.73 Å². The molecule has 2 rings (SSSR count). The Balaban J connectivity index is 2.19. The van der Waals surface area contributed by atoms with Crippen LogP contribution in [0.1, 0.15) is 17.2 Å². The number of aromatic amines is 1. The minimum atomic E-state index is -0.339. The Labute approximate surface area is 103 Å². The molecule has 0 aliphatic heterocycles. The molecule has 0 aliphatic carbocycles. The van der Waals surface area contributed by atoms with Gasteiger partial charge in [-0.1, -0.05) is 17.7 Å². The second-order valence-corrected chi connectivity index (χ2v) is 4.02. The lowest BCUT2D eigenvalue weighted by Crippen LogP contribution is -2.04. The van der Waals surface area contributed by atoms with E-state index in [4.69, 9.17) is 17.3 Å². The van der Waals surface area contributed by atoms with Gasteiger partial charge in [0, 0.05) is 23.4 Å². The zero-order valence-corrected chi connectivity index (χ0v) is 9.84. The maximum absolute atomic E-state index is 13.5. The second kappa shape index (κ2) is 5.25. The van der Waals surface area contributed by atoms with Gasteiger partial charge in [-0.3, -0.25) is 5.10 Å². The number of aromatic nitrogens is 3. The smallest absolute Gasteiger partial charge is 0.151 e. The molecule has 4 nitrogen and oxygen atoms in total. The maximum Gasteiger partial charge on any atom is 0.151 e. The SMILES string of the molecule is NCCc1n[nH]c(Cc2c(F)cccc2Cl)n1. The molecule has 0 saturated carbocycles. The van der Waals surface area contributed by atoms with Crippen LogP contribution in [0.3, 0.4) is 0 Å². The van der Waals surface area contributed by atoms with Crippen molar-refractivity contribution in [2.75, 3.05) is 6.54 Å². The summed E-state index contributed by atoms with van der Waals surface area (Å²) in [4.78, 5) is 4.21. The molecule has 0 unspecified atom stereocenters. The Bertz CT molecular complexity index is 492. The zero-order valence-electron chi connectivity index (χ0n) is 9.08. The van der Waals surface area contributed by atoms with Gasteiger partial charge in [0.25, 0.3) is 0 Å². The summed E-state index contributed by atoms with van der Waals surface area (Å²) < 4.78 is 13.5. The van der Waals surface area contributed by atoms with Crippen molar-refractivity contribution >= 4 is 11.6 Å². The summed E-state index contributed by atoms with van der Waals surface area (Å²) in [5.41, 5.74) is 5.82. The molecule has 3 N–H and O–H groups in total. The van der Waals surface area contributed by atoms with Crippen LogP contribution < -0.4 is 5.73 Å². The lowest BCUT2D eigenvalue weighted by Gasteiger charge is -2.02. The number of H-pyrrole nitrogens is 1. The Morgan fingerprint density at radius 1 is 1.41 bits per heavy atom. The van der Waals surface area contributed by atoms with Gasteiger partial charge in [-0.15, -0.1) is 0 Å². The molecule has 0 aliphatic rings. The average Bonchev–Trinajstić information content (AvgIpc) is 2.72. The number of halogens is 2. The molecule has 0 spiro atoms. The van der Waals surface area contributed by atoms with Crippen LogP contribution in [0, 0.1) is 5.82 Å². The number of benzene rings is 1. The molecule has 0 amide bonds. The van der Waals surface area contributed by atoms with E-state index >= 15 is 0 Å². The lowest BCUT2D eigenvalue weighted by molar-refractivity contribution is 0.612. The van der Waals surface area contributed by atoms with Gasteiger partial charge in [0.05, 0.1) is 0 Å². The van der Waals surface area contributed by atoms with Gasteiger partial charge in [0.1, 0.15) is 11.6 Å². The Kier molecular flexibility index (Phi) is 3.71. The number of nitrogens with two attached hydrogens (primary N) is 1. The predicted molar refractivity (Wildman–Crippen MR) is 63.4 cm³/mol. The quantitative estimate of drug-likeness (QED) is 0.873. The standard InChI is InChI=1S/C11H12ClFN4/c12-8-2-1-3-9(13)7(8)6-11-15-10(4-5-14)16-17-11/h1-3H,4-6,14H2,(H,15,16,17). The zero-order chi connectivity index (χ0) is 12.3. The Morgan fingerprint density at radius 2 is 2.24 bits per heavy atom. The number of nitrogens with zero attached hydrogens (tertiary/aromatic N) is 2. The molecule has 0 fully saturated rings. The monoisotopic (exact) mass is 254 g/mol. The summed E-state index contributed by atoms with van der Waals surface area (Å²) in [6.45, 7) is 0.484. The van der Waals surface area contributed by atoms with Crippen molar-refractivity contribution in [1.29, 1.82) is 0 Å². The van der Waals surface area contributed by atoms with Crippen LogP contribution in [0.5, 0.6) is 0 Å². The van der Waals surface area contributed by atoms with E-state index in [2.05, 4.69) is 15.2 Å². The van der Waals surface area contributed by atoms with E-state index in [0.717, 1.165) is 0 Å². The molecule has 90 valence electrons. The van der Waals surface area contributed by atoms with E-state index in [1.165, 1.54) is 6.07 Å². The third kappa shape index (κ3) is 2.81. The van der Waals surface area contributed by atoms with Crippen LogP contribution in [0.15, 0.2) is 18.2 Å².